The van der Waals surface area contributed by atoms with Crippen LogP contribution >= 0.6 is 0 Å². The molecular formula is C40H80N6O2. The molecule has 0 aromatic heterocycles. The molecule has 3 N–H and O–H groups in total. The summed E-state index contributed by atoms with van der Waals surface area (Å²) >= 11 is 0. The highest BCUT2D eigenvalue weighted by Gasteiger charge is 2.43. The summed E-state index contributed by atoms with van der Waals surface area (Å²) in [6.45, 7) is 30.9. The lowest BCUT2D eigenvalue weighted by Gasteiger charge is -2.53. The van der Waals surface area contributed by atoms with Crippen molar-refractivity contribution in [2.45, 2.75) is 212 Å². The van der Waals surface area contributed by atoms with Crippen LogP contribution in [0.1, 0.15) is 161 Å². The smallest absolute Gasteiger partial charge is 0.230 e. The number of amides is 1. The van der Waals surface area contributed by atoms with Crippen LogP contribution in [0.5, 0.6) is 0 Å². The van der Waals surface area contributed by atoms with Crippen LogP contribution in [0.2, 0.25) is 0 Å². The SMILES string of the molecule is CC(=O)CC(=O)N(CCCCCCN(C)C1CC(C)(C)NC(C)(C)C1)C1CC(C)(C)NC(C)(C)C1.CNC1CC(C)(C)N(C)C(C)(C)C1. The van der Waals surface area contributed by atoms with Crippen LogP contribution in [0.25, 0.3) is 0 Å². The molecule has 0 aromatic rings. The van der Waals surface area contributed by atoms with Gasteiger partial charge in [0.1, 0.15) is 5.78 Å². The molecule has 0 aliphatic carbocycles. The Kier molecular flexibility index (Phi) is 14.8. The van der Waals surface area contributed by atoms with E-state index in [1.165, 1.54) is 45.4 Å². The molecule has 0 bridgehead atoms. The first-order valence-electron chi connectivity index (χ1n) is 19.2. The Bertz CT molecular complexity index is 998. The van der Waals surface area contributed by atoms with E-state index in [4.69, 9.17) is 0 Å². The minimum Gasteiger partial charge on any atom is -0.339 e. The van der Waals surface area contributed by atoms with Crippen LogP contribution in [0.3, 0.4) is 0 Å². The molecule has 1 amide bonds. The van der Waals surface area contributed by atoms with Gasteiger partial charge in [0.15, 0.2) is 0 Å². The van der Waals surface area contributed by atoms with Crippen molar-refractivity contribution in [3.8, 4) is 0 Å². The summed E-state index contributed by atoms with van der Waals surface area (Å²) in [6, 6.07) is 1.47. The van der Waals surface area contributed by atoms with Crippen molar-refractivity contribution in [2.75, 3.05) is 34.2 Å². The maximum absolute atomic E-state index is 13.0. The fourth-order valence-corrected chi connectivity index (χ4v) is 9.65. The van der Waals surface area contributed by atoms with Gasteiger partial charge >= 0.3 is 0 Å². The second-order valence-corrected chi connectivity index (χ2v) is 19.8. The van der Waals surface area contributed by atoms with Crippen molar-refractivity contribution in [1.29, 1.82) is 0 Å². The van der Waals surface area contributed by atoms with Crippen molar-refractivity contribution in [1.82, 2.24) is 30.7 Å². The van der Waals surface area contributed by atoms with Gasteiger partial charge in [-0.15, -0.1) is 0 Å². The van der Waals surface area contributed by atoms with Crippen LogP contribution < -0.4 is 16.0 Å². The fraction of sp³-hybridized carbons (Fsp3) is 0.950. The third kappa shape index (κ3) is 13.6. The Hall–Kier alpha value is -1.06. The predicted octanol–water partition coefficient (Wildman–Crippen LogP) is 6.76. The summed E-state index contributed by atoms with van der Waals surface area (Å²) in [4.78, 5) is 31.9. The highest BCUT2D eigenvalue weighted by molar-refractivity contribution is 5.96. The van der Waals surface area contributed by atoms with Crippen molar-refractivity contribution in [3.63, 3.8) is 0 Å². The number of unbranched alkanes of at least 4 members (excludes halogenated alkanes) is 3. The first-order chi connectivity index (χ1) is 21.7. The molecule has 0 atom stereocenters. The number of nitrogens with zero attached hydrogens (tertiary/aromatic N) is 3. The molecule has 282 valence electrons. The number of nitrogens with one attached hydrogen (secondary N) is 3. The molecule has 0 unspecified atom stereocenters. The monoisotopic (exact) mass is 677 g/mol. The average Bonchev–Trinajstić information content (AvgIpc) is 2.87. The second-order valence-electron chi connectivity index (χ2n) is 19.8. The van der Waals surface area contributed by atoms with Gasteiger partial charge < -0.3 is 25.8 Å². The van der Waals surface area contributed by atoms with E-state index in [2.05, 4.69) is 130 Å². The Morgan fingerprint density at radius 3 is 1.46 bits per heavy atom. The minimum absolute atomic E-state index is 0.00636. The van der Waals surface area contributed by atoms with E-state index in [1.807, 2.05) is 4.90 Å². The highest BCUT2D eigenvalue weighted by Crippen LogP contribution is 2.37. The van der Waals surface area contributed by atoms with Gasteiger partial charge in [-0.25, -0.2) is 0 Å². The number of likely N-dealkylation sites (tertiary alicyclic amines) is 1. The normalized spacial score (nSPS) is 25.3. The summed E-state index contributed by atoms with van der Waals surface area (Å²) in [6.07, 6.45) is 11.2. The van der Waals surface area contributed by atoms with Gasteiger partial charge in [0.25, 0.3) is 0 Å². The van der Waals surface area contributed by atoms with Gasteiger partial charge in [0.05, 0.1) is 6.42 Å². The number of carbonyl (C=O) groups excluding carboxylic acids is 2. The quantitative estimate of drug-likeness (QED) is 0.156. The molecule has 3 aliphatic rings. The van der Waals surface area contributed by atoms with E-state index in [0.717, 1.165) is 38.8 Å². The predicted molar refractivity (Wildman–Crippen MR) is 205 cm³/mol. The number of piperidine rings is 3. The molecule has 3 fully saturated rings. The minimum atomic E-state index is -0.0419. The molecule has 3 heterocycles. The van der Waals surface area contributed by atoms with Gasteiger partial charge in [0.2, 0.25) is 5.91 Å². The number of hydrogen-bond acceptors (Lipinski definition) is 7. The van der Waals surface area contributed by atoms with Crippen LogP contribution in [0.15, 0.2) is 0 Å². The first-order valence-corrected chi connectivity index (χ1v) is 19.2. The lowest BCUT2D eigenvalue weighted by molar-refractivity contribution is -0.138. The third-order valence-electron chi connectivity index (χ3n) is 11.5. The van der Waals surface area contributed by atoms with Gasteiger partial charge in [-0.2, -0.15) is 0 Å². The Morgan fingerprint density at radius 2 is 1.06 bits per heavy atom. The summed E-state index contributed by atoms with van der Waals surface area (Å²) < 4.78 is 0. The molecule has 0 saturated carbocycles. The van der Waals surface area contributed by atoms with Gasteiger partial charge in [-0.05, 0) is 169 Å². The zero-order valence-corrected chi connectivity index (χ0v) is 34.6. The number of carbonyl (C=O) groups is 2. The van der Waals surface area contributed by atoms with Crippen molar-refractivity contribution in [3.05, 3.63) is 0 Å². The third-order valence-corrected chi connectivity index (χ3v) is 11.5. The van der Waals surface area contributed by atoms with Gasteiger partial charge in [-0.3, -0.25) is 14.5 Å². The van der Waals surface area contributed by atoms with E-state index in [9.17, 15) is 9.59 Å². The maximum atomic E-state index is 13.0. The van der Waals surface area contributed by atoms with Crippen LogP contribution in [0.4, 0.5) is 0 Å². The van der Waals surface area contributed by atoms with E-state index in [1.54, 1.807) is 0 Å². The molecular weight excluding hydrogens is 596 g/mol. The average molecular weight is 677 g/mol. The number of rotatable bonds is 12. The summed E-state index contributed by atoms with van der Waals surface area (Å²) in [5, 5.41) is 10.9. The topological polar surface area (TPSA) is 80.0 Å². The lowest BCUT2D eigenvalue weighted by atomic mass is 9.77. The molecule has 0 radical (unpaired) electrons. The second kappa shape index (κ2) is 16.5. The van der Waals surface area contributed by atoms with Crippen molar-refractivity contribution < 1.29 is 9.59 Å². The zero-order valence-electron chi connectivity index (χ0n) is 34.6. The first kappa shape index (κ1) is 43.1. The zero-order chi connectivity index (χ0) is 36.9. The highest BCUT2D eigenvalue weighted by atomic mass is 16.2. The van der Waals surface area contributed by atoms with Gasteiger partial charge in [-0.1, -0.05) is 12.8 Å². The fourth-order valence-electron chi connectivity index (χ4n) is 9.65. The van der Waals surface area contributed by atoms with Crippen LogP contribution in [-0.4, -0.2) is 112 Å². The van der Waals surface area contributed by atoms with Crippen LogP contribution in [0, 0.1) is 0 Å². The largest absolute Gasteiger partial charge is 0.339 e. The molecule has 0 spiro atoms. The van der Waals surface area contributed by atoms with Crippen molar-refractivity contribution >= 4 is 11.7 Å². The molecule has 3 rings (SSSR count). The maximum Gasteiger partial charge on any atom is 0.230 e. The molecule has 3 saturated heterocycles. The molecule has 48 heavy (non-hydrogen) atoms. The molecule has 8 nitrogen and oxygen atoms in total. The van der Waals surface area contributed by atoms with E-state index in [0.29, 0.717) is 23.2 Å². The number of ketones is 1. The summed E-state index contributed by atoms with van der Waals surface area (Å²) in [7, 11) is 6.60. The Morgan fingerprint density at radius 1 is 0.667 bits per heavy atom. The Balaban J connectivity index is 0.000000513. The molecule has 0 aromatic carbocycles. The van der Waals surface area contributed by atoms with Gasteiger partial charge in [0, 0.05) is 57.9 Å². The number of Topliss-reactive ketones (excluding diaryl/α,β-unsaturated/α-hetero) is 1. The standard InChI is InChI=1S/C29H56N4O2.C11H24N2/c1-22(34)17-25(35)33(24-20-28(6,7)31-29(8,9)21-24)16-14-12-11-13-15-32(10)23-18-26(2,3)30-27(4,5)19-23;1-10(2)7-9(12-5)8-11(3,4)13(10)6/h23-24,30-31H,11-21H2,1-10H3;9,12H,7-8H2,1-6H3. The summed E-state index contributed by atoms with van der Waals surface area (Å²) in [5.41, 5.74) is 0.931. The van der Waals surface area contributed by atoms with E-state index >= 15 is 0 Å². The van der Waals surface area contributed by atoms with Crippen molar-refractivity contribution in [2.24, 2.45) is 0 Å². The Labute approximate surface area is 297 Å². The molecule has 8 heteroatoms. The van der Waals surface area contributed by atoms with E-state index < -0.39 is 0 Å². The van der Waals surface area contributed by atoms with Crippen LogP contribution in [-0.2, 0) is 9.59 Å². The lowest BCUT2D eigenvalue weighted by Crippen LogP contribution is -2.63. The molecule has 3 aliphatic heterocycles. The number of hydrogen-bond donors (Lipinski definition) is 3. The summed E-state index contributed by atoms with van der Waals surface area (Å²) in [5.74, 6) is -0.0355. The van der Waals surface area contributed by atoms with E-state index in [-0.39, 0.29) is 46.3 Å².